The molecule has 4 nitrogen and oxygen atoms in total. The van der Waals surface area contributed by atoms with Crippen molar-refractivity contribution in [3.05, 3.63) is 29.8 Å². The van der Waals surface area contributed by atoms with Gasteiger partial charge in [-0.2, -0.15) is 0 Å². The lowest BCUT2D eigenvalue weighted by Gasteiger charge is -2.15. The van der Waals surface area contributed by atoms with Crippen molar-refractivity contribution in [1.29, 1.82) is 0 Å². The second-order valence-electron chi connectivity index (χ2n) is 4.08. The van der Waals surface area contributed by atoms with Gasteiger partial charge in [0.05, 0.1) is 13.1 Å². The second kappa shape index (κ2) is 6.91. The molecule has 0 heterocycles. The summed E-state index contributed by atoms with van der Waals surface area (Å²) in [7, 11) is 1.74. The number of ether oxygens (including phenoxy) is 1. The summed E-state index contributed by atoms with van der Waals surface area (Å²) in [5, 5.41) is 5.59. The number of hydrogen-bond acceptors (Lipinski definition) is 3. The normalized spacial score (nSPS) is 11.9. The van der Waals surface area contributed by atoms with Gasteiger partial charge < -0.3 is 15.4 Å². The fourth-order valence-corrected chi connectivity index (χ4v) is 1.44. The van der Waals surface area contributed by atoms with Crippen molar-refractivity contribution in [3.63, 3.8) is 0 Å². The number of likely N-dealkylation sites (N-methyl/N-ethyl adjacent to an activating group) is 1. The van der Waals surface area contributed by atoms with Crippen molar-refractivity contribution in [1.82, 2.24) is 10.6 Å². The molecule has 0 spiro atoms. The summed E-state index contributed by atoms with van der Waals surface area (Å²) in [5.74, 6) is 0.813. The predicted molar refractivity (Wildman–Crippen MR) is 68.2 cm³/mol. The minimum Gasteiger partial charge on any atom is -0.489 e. The van der Waals surface area contributed by atoms with Crippen LogP contribution < -0.4 is 15.4 Å². The maximum atomic E-state index is 11.2. The van der Waals surface area contributed by atoms with Gasteiger partial charge >= 0.3 is 0 Å². The summed E-state index contributed by atoms with van der Waals surface area (Å²) in [6.45, 7) is 4.79. The van der Waals surface area contributed by atoms with Gasteiger partial charge in [-0.05, 0) is 38.6 Å². The molecule has 1 amide bonds. The fourth-order valence-electron chi connectivity index (χ4n) is 1.44. The van der Waals surface area contributed by atoms with Crippen molar-refractivity contribution in [2.24, 2.45) is 0 Å². The number of nitrogens with one attached hydrogen (secondary N) is 2. The average Bonchev–Trinajstić information content (AvgIpc) is 2.27. The quantitative estimate of drug-likeness (QED) is 0.777. The van der Waals surface area contributed by atoms with E-state index in [0.29, 0.717) is 13.1 Å². The number of aryl methyl sites for hydroxylation is 1. The maximum Gasteiger partial charge on any atom is 0.234 e. The van der Waals surface area contributed by atoms with E-state index in [1.165, 1.54) is 0 Å². The third kappa shape index (κ3) is 5.36. The SMILES string of the molecule is CNCC(=O)NCC(C)Oc1cccc(C)c1. The zero-order valence-corrected chi connectivity index (χ0v) is 10.6. The largest absolute Gasteiger partial charge is 0.489 e. The van der Waals surface area contributed by atoms with Gasteiger partial charge in [-0.3, -0.25) is 4.79 Å². The van der Waals surface area contributed by atoms with E-state index in [9.17, 15) is 4.79 Å². The highest BCUT2D eigenvalue weighted by molar-refractivity contribution is 5.77. The molecule has 0 aliphatic heterocycles. The van der Waals surface area contributed by atoms with Gasteiger partial charge in [0.15, 0.2) is 0 Å². The first-order valence-electron chi connectivity index (χ1n) is 5.76. The molecule has 0 aliphatic carbocycles. The molecule has 1 atom stereocenters. The number of amides is 1. The summed E-state index contributed by atoms with van der Waals surface area (Å²) in [5.41, 5.74) is 1.16. The molecule has 4 heteroatoms. The lowest BCUT2D eigenvalue weighted by molar-refractivity contribution is -0.120. The van der Waals surface area contributed by atoms with Crippen LogP contribution in [0.25, 0.3) is 0 Å². The van der Waals surface area contributed by atoms with Crippen LogP contribution in [0.5, 0.6) is 5.75 Å². The van der Waals surface area contributed by atoms with E-state index in [-0.39, 0.29) is 12.0 Å². The van der Waals surface area contributed by atoms with E-state index in [1.54, 1.807) is 7.05 Å². The zero-order chi connectivity index (χ0) is 12.7. The van der Waals surface area contributed by atoms with E-state index in [4.69, 9.17) is 4.74 Å². The lowest BCUT2D eigenvalue weighted by Crippen LogP contribution is -2.38. The standard InChI is InChI=1S/C13H20N2O2/c1-10-5-4-6-12(7-10)17-11(2)8-15-13(16)9-14-3/h4-7,11,14H,8-9H2,1-3H3,(H,15,16). The van der Waals surface area contributed by atoms with Crippen LogP contribution >= 0.6 is 0 Å². The van der Waals surface area contributed by atoms with Gasteiger partial charge in [0.2, 0.25) is 5.91 Å². The van der Waals surface area contributed by atoms with Gasteiger partial charge in [-0.1, -0.05) is 12.1 Å². The summed E-state index contributed by atoms with van der Waals surface area (Å²) < 4.78 is 5.69. The summed E-state index contributed by atoms with van der Waals surface area (Å²) in [4.78, 5) is 11.2. The highest BCUT2D eigenvalue weighted by atomic mass is 16.5. The summed E-state index contributed by atoms with van der Waals surface area (Å²) >= 11 is 0. The third-order valence-electron chi connectivity index (χ3n) is 2.25. The van der Waals surface area contributed by atoms with Crippen LogP contribution in [0.3, 0.4) is 0 Å². The highest BCUT2D eigenvalue weighted by Gasteiger charge is 2.06. The average molecular weight is 236 g/mol. The van der Waals surface area contributed by atoms with Crippen LogP contribution in [0.1, 0.15) is 12.5 Å². The van der Waals surface area contributed by atoms with Gasteiger partial charge in [-0.25, -0.2) is 0 Å². The Kier molecular flexibility index (Phi) is 5.49. The predicted octanol–water partition coefficient (Wildman–Crippen LogP) is 1.10. The van der Waals surface area contributed by atoms with Crippen molar-refractivity contribution < 1.29 is 9.53 Å². The van der Waals surface area contributed by atoms with E-state index in [1.807, 2.05) is 38.1 Å². The molecule has 0 saturated carbocycles. The minimum absolute atomic E-state index is 0.0211. The summed E-state index contributed by atoms with van der Waals surface area (Å²) in [6, 6.07) is 7.87. The molecule has 1 unspecified atom stereocenters. The molecule has 2 N–H and O–H groups in total. The minimum atomic E-state index is -0.0439. The van der Waals surface area contributed by atoms with E-state index in [0.717, 1.165) is 11.3 Å². The van der Waals surface area contributed by atoms with Crippen LogP contribution in [0.4, 0.5) is 0 Å². The fraction of sp³-hybridized carbons (Fsp3) is 0.462. The third-order valence-corrected chi connectivity index (χ3v) is 2.25. The van der Waals surface area contributed by atoms with Gasteiger partial charge in [0, 0.05) is 0 Å². The van der Waals surface area contributed by atoms with Gasteiger partial charge in [-0.15, -0.1) is 0 Å². The van der Waals surface area contributed by atoms with Crippen molar-refractivity contribution in [2.45, 2.75) is 20.0 Å². The smallest absolute Gasteiger partial charge is 0.234 e. The molecule has 0 radical (unpaired) electrons. The number of carbonyl (C=O) groups is 1. The Morgan fingerprint density at radius 3 is 2.88 bits per heavy atom. The van der Waals surface area contributed by atoms with Gasteiger partial charge in [0.1, 0.15) is 11.9 Å². The molecule has 1 aromatic carbocycles. The van der Waals surface area contributed by atoms with E-state index >= 15 is 0 Å². The first-order valence-corrected chi connectivity index (χ1v) is 5.76. The van der Waals surface area contributed by atoms with Crippen LogP contribution in [0.2, 0.25) is 0 Å². The van der Waals surface area contributed by atoms with Crippen LogP contribution in [-0.2, 0) is 4.79 Å². The van der Waals surface area contributed by atoms with Gasteiger partial charge in [0.25, 0.3) is 0 Å². The molecular weight excluding hydrogens is 216 g/mol. The monoisotopic (exact) mass is 236 g/mol. The molecule has 0 saturated heterocycles. The molecule has 94 valence electrons. The van der Waals surface area contributed by atoms with E-state index in [2.05, 4.69) is 10.6 Å². The second-order valence-corrected chi connectivity index (χ2v) is 4.08. The molecular formula is C13H20N2O2. The van der Waals surface area contributed by atoms with Crippen LogP contribution in [0.15, 0.2) is 24.3 Å². The van der Waals surface area contributed by atoms with Crippen molar-refractivity contribution >= 4 is 5.91 Å². The molecule has 0 aliphatic rings. The summed E-state index contributed by atoms with van der Waals surface area (Å²) in [6.07, 6.45) is -0.0439. The van der Waals surface area contributed by atoms with E-state index < -0.39 is 0 Å². The highest BCUT2D eigenvalue weighted by Crippen LogP contribution is 2.13. The number of rotatable bonds is 6. The Morgan fingerprint density at radius 2 is 2.24 bits per heavy atom. The molecule has 0 bridgehead atoms. The molecule has 0 aromatic heterocycles. The van der Waals surface area contributed by atoms with Crippen LogP contribution in [-0.4, -0.2) is 32.1 Å². The Balaban J connectivity index is 2.34. The molecule has 17 heavy (non-hydrogen) atoms. The van der Waals surface area contributed by atoms with Crippen molar-refractivity contribution in [2.75, 3.05) is 20.1 Å². The van der Waals surface area contributed by atoms with Crippen molar-refractivity contribution in [3.8, 4) is 5.75 Å². The molecule has 1 aromatic rings. The van der Waals surface area contributed by atoms with Crippen LogP contribution in [0, 0.1) is 6.92 Å². The molecule has 1 rings (SSSR count). The maximum absolute atomic E-state index is 11.2. The first-order chi connectivity index (χ1) is 8.11. The number of hydrogen-bond donors (Lipinski definition) is 2. The number of benzene rings is 1. The lowest BCUT2D eigenvalue weighted by atomic mass is 10.2. The number of carbonyl (C=O) groups excluding carboxylic acids is 1. The topological polar surface area (TPSA) is 50.4 Å². The Hall–Kier alpha value is -1.55. The Morgan fingerprint density at radius 1 is 1.47 bits per heavy atom. The Labute approximate surface area is 102 Å². The first kappa shape index (κ1) is 13.5. The Bertz CT molecular complexity index is 366. The zero-order valence-electron chi connectivity index (χ0n) is 10.6. The molecule has 0 fully saturated rings.